The minimum absolute atomic E-state index is 0.0652. The standard InChI is InChI=1S/C16H27BO2/c1-12(15(4,5)18-8)9-10-14(3)17-11-13(2)16(6,7)19-17/h9-10,13H,1,3,11H2,2,4-8H3/b10-9-. The van der Waals surface area contributed by atoms with Crippen molar-refractivity contribution in [1.29, 1.82) is 0 Å². The molecule has 19 heavy (non-hydrogen) atoms. The lowest BCUT2D eigenvalue weighted by molar-refractivity contribution is 0.0585. The molecule has 0 N–H and O–H groups in total. The minimum atomic E-state index is -0.347. The molecule has 0 amide bonds. The van der Waals surface area contributed by atoms with Crippen molar-refractivity contribution in [3.63, 3.8) is 0 Å². The predicted octanol–water partition coefficient (Wildman–Crippen LogP) is 4.06. The maximum atomic E-state index is 6.06. The zero-order valence-corrected chi connectivity index (χ0v) is 13.2. The van der Waals surface area contributed by atoms with Gasteiger partial charge in [0.1, 0.15) is 0 Å². The highest BCUT2D eigenvalue weighted by Crippen LogP contribution is 2.36. The van der Waals surface area contributed by atoms with Crippen LogP contribution < -0.4 is 0 Å². The highest BCUT2D eigenvalue weighted by atomic mass is 16.5. The molecule has 0 aromatic rings. The summed E-state index contributed by atoms with van der Waals surface area (Å²) in [6.07, 6.45) is 5.00. The Kier molecular flexibility index (Phi) is 4.86. The fourth-order valence-corrected chi connectivity index (χ4v) is 2.01. The van der Waals surface area contributed by atoms with Crippen LogP contribution in [0.3, 0.4) is 0 Å². The fraction of sp³-hybridized carbons (Fsp3) is 0.625. The average molecular weight is 262 g/mol. The molecule has 1 rings (SSSR count). The molecule has 0 saturated carbocycles. The maximum Gasteiger partial charge on any atom is 0.327 e. The summed E-state index contributed by atoms with van der Waals surface area (Å²) < 4.78 is 11.5. The molecule has 0 aromatic carbocycles. The van der Waals surface area contributed by atoms with E-state index in [2.05, 4.69) is 33.9 Å². The van der Waals surface area contributed by atoms with Crippen LogP contribution in [0.4, 0.5) is 0 Å². The lowest BCUT2D eigenvalue weighted by atomic mass is 9.57. The normalized spacial score (nSPS) is 23.1. The Hall–Kier alpha value is -0.795. The molecule has 1 saturated heterocycles. The molecule has 1 aliphatic rings. The third kappa shape index (κ3) is 3.84. The fourth-order valence-electron chi connectivity index (χ4n) is 2.01. The van der Waals surface area contributed by atoms with Crippen LogP contribution >= 0.6 is 0 Å². The molecule has 1 aliphatic heterocycles. The summed E-state index contributed by atoms with van der Waals surface area (Å²) in [5, 5.41) is 0. The first-order valence-electron chi connectivity index (χ1n) is 6.89. The van der Waals surface area contributed by atoms with Crippen LogP contribution in [0.15, 0.2) is 36.4 Å². The highest BCUT2D eigenvalue weighted by Gasteiger charge is 2.41. The van der Waals surface area contributed by atoms with Crippen LogP contribution in [0.2, 0.25) is 6.32 Å². The Morgan fingerprint density at radius 2 is 1.95 bits per heavy atom. The summed E-state index contributed by atoms with van der Waals surface area (Å²) in [6.45, 7) is 18.8. The molecule has 106 valence electrons. The predicted molar refractivity (Wildman–Crippen MR) is 83.4 cm³/mol. The third-order valence-electron chi connectivity index (χ3n) is 4.40. The Bertz CT molecular complexity index is 394. The largest absolute Gasteiger partial charge is 0.426 e. The summed E-state index contributed by atoms with van der Waals surface area (Å²) >= 11 is 0. The van der Waals surface area contributed by atoms with Gasteiger partial charge in [0.25, 0.3) is 0 Å². The van der Waals surface area contributed by atoms with E-state index in [4.69, 9.17) is 9.39 Å². The van der Waals surface area contributed by atoms with E-state index in [0.29, 0.717) is 5.92 Å². The zero-order chi connectivity index (χ0) is 14.8. The molecule has 2 nitrogen and oxygen atoms in total. The first-order valence-corrected chi connectivity index (χ1v) is 6.89. The number of methoxy groups -OCH3 is 1. The van der Waals surface area contributed by atoms with Gasteiger partial charge >= 0.3 is 6.92 Å². The summed E-state index contributed by atoms with van der Waals surface area (Å²) in [6, 6.07) is 0. The van der Waals surface area contributed by atoms with Gasteiger partial charge in [0.05, 0.1) is 5.60 Å². The molecule has 3 heteroatoms. The molecule has 0 spiro atoms. The van der Waals surface area contributed by atoms with Crippen LogP contribution in [0.1, 0.15) is 34.6 Å². The Balaban J connectivity index is 2.65. The van der Waals surface area contributed by atoms with Gasteiger partial charge in [-0.2, -0.15) is 0 Å². The average Bonchev–Trinajstić information content (AvgIpc) is 2.60. The van der Waals surface area contributed by atoms with E-state index in [1.165, 1.54) is 0 Å². The van der Waals surface area contributed by atoms with Gasteiger partial charge in [-0.3, -0.25) is 0 Å². The summed E-state index contributed by atoms with van der Waals surface area (Å²) in [7, 11) is 1.69. The molecule has 1 fully saturated rings. The molecule has 0 radical (unpaired) electrons. The summed E-state index contributed by atoms with van der Waals surface area (Å²) in [5.74, 6) is 0.543. The number of ether oxygens (including phenoxy) is 1. The lowest BCUT2D eigenvalue weighted by Gasteiger charge is -2.24. The molecule has 1 heterocycles. The van der Waals surface area contributed by atoms with Crippen molar-refractivity contribution >= 4 is 6.92 Å². The second kappa shape index (κ2) is 5.68. The monoisotopic (exact) mass is 262 g/mol. The third-order valence-corrected chi connectivity index (χ3v) is 4.40. The van der Waals surface area contributed by atoms with Crippen molar-refractivity contribution < 1.29 is 9.39 Å². The van der Waals surface area contributed by atoms with Crippen LogP contribution in [0, 0.1) is 5.92 Å². The van der Waals surface area contributed by atoms with E-state index in [9.17, 15) is 0 Å². The van der Waals surface area contributed by atoms with Gasteiger partial charge < -0.3 is 9.39 Å². The molecular weight excluding hydrogens is 235 g/mol. The van der Waals surface area contributed by atoms with Gasteiger partial charge in [-0.25, -0.2) is 0 Å². The Morgan fingerprint density at radius 1 is 1.37 bits per heavy atom. The van der Waals surface area contributed by atoms with Crippen LogP contribution in [-0.4, -0.2) is 25.2 Å². The van der Waals surface area contributed by atoms with Crippen molar-refractivity contribution in [2.75, 3.05) is 7.11 Å². The number of hydrogen-bond acceptors (Lipinski definition) is 2. The molecule has 1 unspecified atom stereocenters. The topological polar surface area (TPSA) is 18.5 Å². The van der Waals surface area contributed by atoms with Crippen molar-refractivity contribution in [2.24, 2.45) is 5.92 Å². The molecule has 1 atom stereocenters. The van der Waals surface area contributed by atoms with Gasteiger partial charge in [0.15, 0.2) is 0 Å². The van der Waals surface area contributed by atoms with E-state index < -0.39 is 0 Å². The van der Waals surface area contributed by atoms with Crippen molar-refractivity contribution in [1.82, 2.24) is 0 Å². The van der Waals surface area contributed by atoms with Gasteiger partial charge in [-0.05, 0) is 45.5 Å². The van der Waals surface area contributed by atoms with Crippen molar-refractivity contribution in [3.05, 3.63) is 36.4 Å². The Labute approximate surface area is 118 Å². The van der Waals surface area contributed by atoms with Gasteiger partial charge in [-0.1, -0.05) is 31.1 Å². The van der Waals surface area contributed by atoms with Crippen LogP contribution in [0.5, 0.6) is 0 Å². The van der Waals surface area contributed by atoms with E-state index in [0.717, 1.165) is 17.4 Å². The quantitative estimate of drug-likeness (QED) is 0.549. The lowest BCUT2D eigenvalue weighted by Crippen LogP contribution is -2.27. The van der Waals surface area contributed by atoms with E-state index in [1.54, 1.807) is 7.11 Å². The second-order valence-electron chi connectivity index (χ2n) is 6.49. The van der Waals surface area contributed by atoms with E-state index >= 15 is 0 Å². The summed E-state index contributed by atoms with van der Waals surface area (Å²) in [5.41, 5.74) is 1.52. The van der Waals surface area contributed by atoms with Gasteiger partial charge in [0, 0.05) is 12.7 Å². The van der Waals surface area contributed by atoms with Crippen molar-refractivity contribution in [2.45, 2.75) is 52.1 Å². The van der Waals surface area contributed by atoms with Gasteiger partial charge in [-0.15, -0.1) is 6.58 Å². The van der Waals surface area contributed by atoms with Gasteiger partial charge in [0.2, 0.25) is 0 Å². The zero-order valence-electron chi connectivity index (χ0n) is 13.2. The molecule has 0 aromatic heterocycles. The number of allylic oxidation sites excluding steroid dienone is 2. The smallest absolute Gasteiger partial charge is 0.327 e. The first-order chi connectivity index (χ1) is 8.60. The van der Waals surface area contributed by atoms with Crippen LogP contribution in [0.25, 0.3) is 0 Å². The highest BCUT2D eigenvalue weighted by molar-refractivity contribution is 6.62. The van der Waals surface area contributed by atoms with E-state index in [-0.39, 0.29) is 18.1 Å². The number of rotatable bonds is 5. The maximum absolute atomic E-state index is 6.06. The second-order valence-corrected chi connectivity index (χ2v) is 6.49. The molecule has 0 bridgehead atoms. The van der Waals surface area contributed by atoms with Crippen molar-refractivity contribution in [3.8, 4) is 0 Å². The minimum Gasteiger partial charge on any atom is -0.426 e. The van der Waals surface area contributed by atoms with E-state index in [1.807, 2.05) is 26.0 Å². The molecule has 0 aliphatic carbocycles. The number of hydrogen-bond donors (Lipinski definition) is 0. The SMILES string of the molecule is C=C(/C=C\C(=C)C(C)(C)OC)B1CC(C)C(C)(C)O1. The first kappa shape index (κ1) is 16.3. The Morgan fingerprint density at radius 3 is 2.37 bits per heavy atom. The molecular formula is C16H27BO2. The van der Waals surface area contributed by atoms with Crippen LogP contribution in [-0.2, 0) is 9.39 Å². The summed E-state index contributed by atoms with van der Waals surface area (Å²) in [4.78, 5) is 0.